The Morgan fingerprint density at radius 1 is 1.64 bits per heavy atom. The molecule has 0 rings (SSSR count). The smallest absolute Gasteiger partial charge is 0.0912 e. The maximum absolute atomic E-state index is 8.08. The highest BCUT2D eigenvalue weighted by molar-refractivity contribution is 5.12. The predicted molar refractivity (Wildman–Crippen MR) is 42.5 cm³/mol. The average Bonchev–Trinajstić information content (AvgIpc) is 1.99. The zero-order chi connectivity index (χ0) is 8.53. The molecule has 0 saturated heterocycles. The number of allylic oxidation sites excluding steroid dienone is 3. The molecular weight excluding hydrogens is 140 g/mol. The molecule has 1 unspecified atom stereocenters. The van der Waals surface area contributed by atoms with Crippen molar-refractivity contribution in [2.45, 2.75) is 13.0 Å². The summed E-state index contributed by atoms with van der Waals surface area (Å²) in [6.45, 7) is 1.76. The maximum atomic E-state index is 8.08. The molecule has 0 bridgehead atoms. The Kier molecular flexibility index (Phi) is 5.40. The quantitative estimate of drug-likeness (QED) is 0.199. The second-order valence-electron chi connectivity index (χ2n) is 1.82. The summed E-state index contributed by atoms with van der Waals surface area (Å²) in [6.07, 6.45) is 6.30. The zero-order valence-electron chi connectivity index (χ0n) is 6.18. The van der Waals surface area contributed by atoms with Crippen LogP contribution in [0.4, 0.5) is 0 Å². The highest BCUT2D eigenvalue weighted by atomic mass is 15.1. The summed E-state index contributed by atoms with van der Waals surface area (Å²) in [6, 6.07) is 1.67. The van der Waals surface area contributed by atoms with E-state index in [9.17, 15) is 0 Å². The Morgan fingerprint density at radius 2 is 2.36 bits per heavy atom. The van der Waals surface area contributed by atoms with Crippen molar-refractivity contribution in [3.05, 3.63) is 34.7 Å². The summed E-state index contributed by atoms with van der Waals surface area (Å²) in [7, 11) is 0. The third kappa shape index (κ3) is 6.16. The third-order valence-corrected chi connectivity index (χ3v) is 0.905. The van der Waals surface area contributed by atoms with E-state index in [1.54, 1.807) is 25.2 Å². The molecular formula is C7H8N4. The van der Waals surface area contributed by atoms with Crippen LogP contribution in [0.15, 0.2) is 29.4 Å². The monoisotopic (exact) mass is 148 g/mol. The first-order valence-electron chi connectivity index (χ1n) is 3.08. The van der Waals surface area contributed by atoms with Crippen molar-refractivity contribution in [2.75, 3.05) is 0 Å². The summed E-state index contributed by atoms with van der Waals surface area (Å²) in [4.78, 5) is 2.62. The molecule has 0 spiro atoms. The Bertz CT molecular complexity index is 240. The van der Waals surface area contributed by atoms with Crippen molar-refractivity contribution in [1.82, 2.24) is 0 Å². The third-order valence-electron chi connectivity index (χ3n) is 0.905. The molecule has 0 amide bonds. The van der Waals surface area contributed by atoms with Crippen LogP contribution in [0.5, 0.6) is 0 Å². The van der Waals surface area contributed by atoms with Gasteiger partial charge in [-0.1, -0.05) is 30.3 Å². The van der Waals surface area contributed by atoms with Gasteiger partial charge in [0.1, 0.15) is 0 Å². The van der Waals surface area contributed by atoms with Gasteiger partial charge in [0.15, 0.2) is 0 Å². The van der Waals surface area contributed by atoms with E-state index >= 15 is 0 Å². The first kappa shape index (κ1) is 9.28. The van der Waals surface area contributed by atoms with Gasteiger partial charge in [0, 0.05) is 11.0 Å². The molecule has 0 heterocycles. The fraction of sp³-hybridized carbons (Fsp3) is 0.286. The van der Waals surface area contributed by atoms with Crippen LogP contribution in [0, 0.1) is 11.3 Å². The van der Waals surface area contributed by atoms with Crippen molar-refractivity contribution in [2.24, 2.45) is 5.11 Å². The molecule has 0 aromatic heterocycles. The topological polar surface area (TPSA) is 72.5 Å². The molecule has 11 heavy (non-hydrogen) atoms. The minimum atomic E-state index is -0.164. The molecule has 0 aromatic carbocycles. The lowest BCUT2D eigenvalue weighted by Crippen LogP contribution is -1.86. The van der Waals surface area contributed by atoms with Gasteiger partial charge < -0.3 is 0 Å². The molecule has 0 N–H and O–H groups in total. The van der Waals surface area contributed by atoms with Gasteiger partial charge in [-0.25, -0.2) is 0 Å². The fourth-order valence-corrected chi connectivity index (χ4v) is 0.443. The normalized spacial score (nSPS) is 12.7. The van der Waals surface area contributed by atoms with E-state index in [0.29, 0.717) is 0 Å². The molecule has 56 valence electrons. The minimum absolute atomic E-state index is 0.164. The predicted octanol–water partition coefficient (Wildman–Crippen LogP) is 2.32. The van der Waals surface area contributed by atoms with Crippen LogP contribution < -0.4 is 0 Å². The van der Waals surface area contributed by atoms with Gasteiger partial charge in [-0.3, -0.25) is 0 Å². The van der Waals surface area contributed by atoms with Crippen LogP contribution in [0.2, 0.25) is 0 Å². The number of hydrogen-bond acceptors (Lipinski definition) is 2. The van der Waals surface area contributed by atoms with Crippen LogP contribution in [-0.4, -0.2) is 6.04 Å². The van der Waals surface area contributed by atoms with E-state index < -0.39 is 0 Å². The first-order valence-corrected chi connectivity index (χ1v) is 3.08. The van der Waals surface area contributed by atoms with E-state index in [-0.39, 0.29) is 6.04 Å². The summed E-state index contributed by atoms with van der Waals surface area (Å²) in [5.74, 6) is 0. The molecule has 1 atom stereocenters. The second kappa shape index (κ2) is 6.40. The average molecular weight is 148 g/mol. The summed E-state index contributed by atoms with van der Waals surface area (Å²) in [5, 5.41) is 11.5. The first-order chi connectivity index (χ1) is 5.31. The van der Waals surface area contributed by atoms with E-state index in [4.69, 9.17) is 10.8 Å². The molecule has 0 fully saturated rings. The van der Waals surface area contributed by atoms with Crippen LogP contribution in [0.25, 0.3) is 10.4 Å². The number of rotatable bonds is 3. The van der Waals surface area contributed by atoms with Gasteiger partial charge in [-0.05, 0) is 5.53 Å². The largest absolute Gasteiger partial charge is 0.193 e. The minimum Gasteiger partial charge on any atom is -0.193 e. The molecule has 0 aliphatic rings. The molecule has 4 heteroatoms. The van der Waals surface area contributed by atoms with Crippen molar-refractivity contribution in [3.63, 3.8) is 0 Å². The number of azide groups is 1. The van der Waals surface area contributed by atoms with Crippen molar-refractivity contribution >= 4 is 0 Å². The van der Waals surface area contributed by atoms with Gasteiger partial charge in [0.25, 0.3) is 0 Å². The SMILES string of the molecule is CC(/C=C\C=C\C#N)N=[N+]=[N-]. The summed E-state index contributed by atoms with van der Waals surface area (Å²) in [5.41, 5.74) is 7.99. The Hall–Kier alpha value is -1.72. The highest BCUT2D eigenvalue weighted by Gasteiger charge is 1.85. The molecule has 0 aliphatic heterocycles. The molecule has 0 aliphatic carbocycles. The van der Waals surface area contributed by atoms with Gasteiger partial charge in [-0.2, -0.15) is 5.26 Å². The van der Waals surface area contributed by atoms with E-state index in [2.05, 4.69) is 10.0 Å². The highest BCUT2D eigenvalue weighted by Crippen LogP contribution is 1.91. The van der Waals surface area contributed by atoms with Crippen molar-refractivity contribution < 1.29 is 0 Å². The van der Waals surface area contributed by atoms with Gasteiger partial charge in [-0.15, -0.1) is 0 Å². The van der Waals surface area contributed by atoms with Crippen LogP contribution in [0.3, 0.4) is 0 Å². The fourth-order valence-electron chi connectivity index (χ4n) is 0.443. The Balaban J connectivity index is 3.85. The lowest BCUT2D eigenvalue weighted by atomic mass is 10.3. The zero-order valence-corrected chi connectivity index (χ0v) is 6.18. The second-order valence-corrected chi connectivity index (χ2v) is 1.82. The Morgan fingerprint density at radius 3 is 2.91 bits per heavy atom. The summed E-state index contributed by atoms with van der Waals surface area (Å²) < 4.78 is 0. The standard InChI is InChI=1S/C7H8N4/c1-7(10-11-9)5-3-2-4-6-8/h2-5,7H,1H3/b4-2+,5-3-. The lowest BCUT2D eigenvalue weighted by molar-refractivity contribution is 0.911. The maximum Gasteiger partial charge on any atom is 0.0912 e. The van der Waals surface area contributed by atoms with Gasteiger partial charge in [0.05, 0.1) is 12.1 Å². The van der Waals surface area contributed by atoms with Crippen LogP contribution in [-0.2, 0) is 0 Å². The van der Waals surface area contributed by atoms with E-state index in [0.717, 1.165) is 0 Å². The lowest BCUT2D eigenvalue weighted by Gasteiger charge is -1.89. The molecule has 0 saturated carbocycles. The Labute approximate surface area is 65.1 Å². The number of nitrogens with zero attached hydrogens (tertiary/aromatic N) is 4. The number of nitriles is 1. The molecule has 0 aromatic rings. The van der Waals surface area contributed by atoms with Crippen molar-refractivity contribution in [3.8, 4) is 6.07 Å². The molecule has 4 nitrogen and oxygen atoms in total. The van der Waals surface area contributed by atoms with Crippen LogP contribution >= 0.6 is 0 Å². The summed E-state index contributed by atoms with van der Waals surface area (Å²) >= 11 is 0. The van der Waals surface area contributed by atoms with Gasteiger partial charge >= 0.3 is 0 Å². The van der Waals surface area contributed by atoms with Crippen LogP contribution in [0.1, 0.15) is 6.92 Å². The number of hydrogen-bond donors (Lipinski definition) is 0. The van der Waals surface area contributed by atoms with E-state index in [1.165, 1.54) is 6.08 Å². The van der Waals surface area contributed by atoms with Crippen molar-refractivity contribution in [1.29, 1.82) is 5.26 Å². The van der Waals surface area contributed by atoms with Gasteiger partial charge in [0.2, 0.25) is 0 Å². The molecule has 0 radical (unpaired) electrons. The van der Waals surface area contributed by atoms with E-state index in [1.807, 2.05) is 6.07 Å².